The number of methoxy groups -OCH3 is 1. The van der Waals surface area contributed by atoms with E-state index in [2.05, 4.69) is 34.9 Å². The molecule has 31 heavy (non-hydrogen) atoms. The van der Waals surface area contributed by atoms with Crippen molar-refractivity contribution in [2.24, 2.45) is 0 Å². The van der Waals surface area contributed by atoms with Gasteiger partial charge in [-0.25, -0.2) is 0 Å². The van der Waals surface area contributed by atoms with Gasteiger partial charge in [0.25, 0.3) is 0 Å². The average molecular weight is 592 g/mol. The maximum atomic E-state index is 10.0. The zero-order chi connectivity index (χ0) is 21.5. The van der Waals surface area contributed by atoms with E-state index in [9.17, 15) is 4.79 Å². The summed E-state index contributed by atoms with van der Waals surface area (Å²) in [5.74, 6) is 0.745. The van der Waals surface area contributed by atoms with E-state index in [0.717, 1.165) is 33.6 Å². The molecule has 161 valence electrons. The summed E-state index contributed by atoms with van der Waals surface area (Å²) < 4.78 is 7.36. The van der Waals surface area contributed by atoms with Crippen LogP contribution in [-0.4, -0.2) is 27.6 Å². The maximum absolute atomic E-state index is 10.0. The van der Waals surface area contributed by atoms with Crippen LogP contribution in [0.3, 0.4) is 0 Å². The van der Waals surface area contributed by atoms with Crippen LogP contribution in [-0.2, 0) is 24.9 Å². The van der Waals surface area contributed by atoms with Crippen LogP contribution in [0.4, 0.5) is 0 Å². The molecule has 2 aromatic carbocycles. The van der Waals surface area contributed by atoms with Gasteiger partial charge in [-0.3, -0.25) is 9.78 Å². The molecule has 1 radical (unpaired) electrons. The van der Waals surface area contributed by atoms with Gasteiger partial charge in [0.05, 0.1) is 18.4 Å². The average Bonchev–Trinajstić information content (AvgIpc) is 3.27. The van der Waals surface area contributed by atoms with Gasteiger partial charge in [0, 0.05) is 50.0 Å². The molecule has 0 amide bonds. The second-order valence-corrected chi connectivity index (χ2v) is 6.70. The van der Waals surface area contributed by atoms with Crippen LogP contribution in [0.15, 0.2) is 84.9 Å². The molecule has 4 rings (SSSR count). The zero-order valence-corrected chi connectivity index (χ0v) is 19.9. The molecule has 5 nitrogen and oxygen atoms in total. The fraction of sp³-hybridized carbons (Fsp3) is 0.120. The van der Waals surface area contributed by atoms with Gasteiger partial charge in [0.2, 0.25) is 0 Å². The Bertz CT molecular complexity index is 1180. The quantitative estimate of drug-likeness (QED) is 0.193. The molecule has 0 aliphatic carbocycles. The predicted molar refractivity (Wildman–Crippen MR) is 119 cm³/mol. The van der Waals surface area contributed by atoms with Gasteiger partial charge < -0.3 is 14.4 Å². The molecule has 4 aromatic rings. The first-order valence-corrected chi connectivity index (χ1v) is 9.44. The Morgan fingerprint density at radius 1 is 1.10 bits per heavy atom. The Morgan fingerprint density at radius 3 is 2.42 bits per heavy atom. The molecule has 0 spiro atoms. The number of carbonyl (C=O) groups is 1. The number of hydrogen-bond donors (Lipinski definition) is 1. The number of allylic oxidation sites excluding steroid dienone is 2. The summed E-state index contributed by atoms with van der Waals surface area (Å²) in [6.07, 6.45) is 5.22. The molecular formula is C25H23IrN2O3-. The summed E-state index contributed by atoms with van der Waals surface area (Å²) in [7, 11) is 1.66. The van der Waals surface area contributed by atoms with Gasteiger partial charge in [-0.15, -0.1) is 29.8 Å². The van der Waals surface area contributed by atoms with Crippen molar-refractivity contribution in [1.82, 2.24) is 9.55 Å². The largest absolute Gasteiger partial charge is 0.516 e. The molecule has 6 heteroatoms. The van der Waals surface area contributed by atoms with Crippen molar-refractivity contribution in [2.45, 2.75) is 13.8 Å². The van der Waals surface area contributed by atoms with Crippen molar-refractivity contribution in [2.75, 3.05) is 7.11 Å². The summed E-state index contributed by atoms with van der Waals surface area (Å²) in [6.45, 7) is 2.85. The summed E-state index contributed by atoms with van der Waals surface area (Å²) in [4.78, 5) is 14.8. The molecule has 0 aliphatic rings. The van der Waals surface area contributed by atoms with E-state index in [4.69, 9.17) is 14.8 Å². The SMILES string of the molecule is CC(=O)/C=C(/C)O.COc1cc[c-]c(-c2ccc3ccc(-n4cccc4)cc3n2)c1.[Ir]. The van der Waals surface area contributed by atoms with Gasteiger partial charge in [0.15, 0.2) is 5.78 Å². The third-order valence-corrected chi connectivity index (χ3v) is 4.28. The van der Waals surface area contributed by atoms with Crippen LogP contribution in [0.2, 0.25) is 0 Å². The molecule has 0 bridgehead atoms. The number of hydrogen-bond acceptors (Lipinski definition) is 4. The predicted octanol–water partition coefficient (Wildman–Crippen LogP) is 5.54. The molecule has 0 saturated heterocycles. The Hall–Kier alpha value is -3.21. The summed E-state index contributed by atoms with van der Waals surface area (Å²) >= 11 is 0. The van der Waals surface area contributed by atoms with Crippen molar-refractivity contribution in [3.8, 4) is 22.7 Å². The fourth-order valence-electron chi connectivity index (χ4n) is 2.94. The summed E-state index contributed by atoms with van der Waals surface area (Å²) in [5, 5.41) is 9.48. The first-order chi connectivity index (χ1) is 14.5. The molecule has 2 heterocycles. The number of rotatable bonds is 4. The van der Waals surface area contributed by atoms with Crippen LogP contribution in [0.5, 0.6) is 5.75 Å². The van der Waals surface area contributed by atoms with Crippen LogP contribution in [0.1, 0.15) is 13.8 Å². The van der Waals surface area contributed by atoms with Gasteiger partial charge in [-0.1, -0.05) is 18.2 Å². The summed E-state index contributed by atoms with van der Waals surface area (Å²) in [5.41, 5.74) is 3.88. The van der Waals surface area contributed by atoms with Gasteiger partial charge in [-0.2, -0.15) is 0 Å². The van der Waals surface area contributed by atoms with Gasteiger partial charge in [0.1, 0.15) is 0 Å². The maximum Gasteiger partial charge on any atom is 0.155 e. The minimum atomic E-state index is -0.125. The summed E-state index contributed by atoms with van der Waals surface area (Å²) in [6, 6.07) is 23.3. The monoisotopic (exact) mass is 592 g/mol. The minimum Gasteiger partial charge on any atom is -0.516 e. The van der Waals surface area contributed by atoms with Crippen LogP contribution in [0.25, 0.3) is 27.8 Å². The number of benzene rings is 2. The van der Waals surface area contributed by atoms with Gasteiger partial charge in [-0.05, 0) is 49.2 Å². The number of aromatic nitrogens is 2. The second kappa shape index (κ2) is 11.3. The molecular weight excluding hydrogens is 569 g/mol. The number of aliphatic hydroxyl groups excluding tert-OH is 1. The Kier molecular flexibility index (Phi) is 8.74. The van der Waals surface area contributed by atoms with Crippen molar-refractivity contribution in [3.05, 3.63) is 91.0 Å². The molecule has 0 atom stereocenters. The Balaban J connectivity index is 0.000000373. The van der Waals surface area contributed by atoms with E-state index < -0.39 is 0 Å². The number of pyridine rings is 1. The van der Waals surface area contributed by atoms with Crippen molar-refractivity contribution >= 4 is 16.7 Å². The van der Waals surface area contributed by atoms with E-state index >= 15 is 0 Å². The van der Waals surface area contributed by atoms with Crippen molar-refractivity contribution in [1.29, 1.82) is 0 Å². The smallest absolute Gasteiger partial charge is 0.155 e. The normalized spacial score (nSPS) is 10.6. The number of nitrogens with zero attached hydrogens (tertiary/aromatic N) is 2. The van der Waals surface area contributed by atoms with E-state index in [0.29, 0.717) is 0 Å². The van der Waals surface area contributed by atoms with Gasteiger partial charge >= 0.3 is 0 Å². The van der Waals surface area contributed by atoms with E-state index in [1.807, 2.05) is 48.8 Å². The number of ether oxygens (including phenoxy) is 1. The van der Waals surface area contributed by atoms with Crippen LogP contribution in [0, 0.1) is 6.07 Å². The molecule has 2 aromatic heterocycles. The number of aliphatic hydroxyl groups is 1. The third kappa shape index (κ3) is 6.64. The topological polar surface area (TPSA) is 64.3 Å². The first kappa shape index (κ1) is 24.1. The van der Waals surface area contributed by atoms with E-state index in [-0.39, 0.29) is 31.6 Å². The van der Waals surface area contributed by atoms with Crippen molar-refractivity contribution in [3.63, 3.8) is 0 Å². The van der Waals surface area contributed by atoms with Crippen LogP contribution >= 0.6 is 0 Å². The van der Waals surface area contributed by atoms with Crippen LogP contribution < -0.4 is 4.74 Å². The minimum absolute atomic E-state index is 0. The second-order valence-electron chi connectivity index (χ2n) is 6.70. The zero-order valence-electron chi connectivity index (χ0n) is 17.5. The van der Waals surface area contributed by atoms with E-state index in [1.165, 1.54) is 19.9 Å². The van der Waals surface area contributed by atoms with Crippen molar-refractivity contribution < 1.29 is 34.7 Å². The molecule has 0 unspecified atom stereocenters. The standard InChI is InChI=1S/C20H15N2O.C5H8O2.Ir/c1-23-18-6-4-5-16(13-18)19-10-8-15-7-9-17(14-20(15)21-19)22-11-2-3-12-22;1-4(6)3-5(2)7;/h2-4,6-14H,1H3;3,6H,1-2H3;/q-1;;/b;4-3-;. The Labute approximate surface area is 195 Å². The first-order valence-electron chi connectivity index (χ1n) is 9.44. The number of fused-ring (bicyclic) bond motifs is 1. The Morgan fingerprint density at radius 2 is 1.81 bits per heavy atom. The number of ketones is 1. The third-order valence-electron chi connectivity index (χ3n) is 4.28. The fourth-order valence-corrected chi connectivity index (χ4v) is 2.94. The molecule has 1 N–H and O–H groups in total. The molecule has 0 saturated carbocycles. The molecule has 0 fully saturated rings. The molecule has 0 aliphatic heterocycles. The number of carbonyl (C=O) groups excluding carboxylic acids is 1. The van der Waals surface area contributed by atoms with E-state index in [1.54, 1.807) is 7.11 Å².